The maximum atomic E-state index is 12.6. The molecule has 6 nitrogen and oxygen atoms in total. The number of rotatable bonds is 4. The van der Waals surface area contributed by atoms with Gasteiger partial charge in [-0.1, -0.05) is 0 Å². The van der Waals surface area contributed by atoms with Gasteiger partial charge in [0.2, 0.25) is 5.91 Å². The summed E-state index contributed by atoms with van der Waals surface area (Å²) in [7, 11) is 0. The lowest BCUT2D eigenvalue weighted by atomic mass is 10.1. The molecule has 2 aromatic carbocycles. The maximum Gasteiger partial charge on any atom is 0.255 e. The molecule has 0 aliphatic carbocycles. The number of carbonyl (C=O) groups is 2. The van der Waals surface area contributed by atoms with Crippen LogP contribution in [0.15, 0.2) is 54.6 Å². The molecule has 0 spiro atoms. The molecule has 1 aliphatic heterocycles. The first-order valence-electron chi connectivity index (χ1n) is 9.79. The van der Waals surface area contributed by atoms with Gasteiger partial charge in [0.1, 0.15) is 0 Å². The van der Waals surface area contributed by atoms with E-state index >= 15 is 0 Å². The molecule has 1 atom stereocenters. The molecule has 0 bridgehead atoms. The minimum Gasteiger partial charge on any atom is -0.322 e. The van der Waals surface area contributed by atoms with Gasteiger partial charge in [-0.3, -0.25) is 9.59 Å². The van der Waals surface area contributed by atoms with Gasteiger partial charge in [0.05, 0.1) is 11.4 Å². The molecule has 1 saturated heterocycles. The van der Waals surface area contributed by atoms with Crippen molar-refractivity contribution in [2.75, 3.05) is 10.2 Å². The number of anilines is 2. The number of aromatic nitrogens is 2. The topological polar surface area (TPSA) is 67.2 Å². The zero-order chi connectivity index (χ0) is 20.5. The average molecular weight is 388 g/mol. The molecule has 2 heterocycles. The smallest absolute Gasteiger partial charge is 0.255 e. The molecule has 3 aromatic rings. The molecule has 0 saturated carbocycles. The molecule has 4 rings (SSSR count). The number of hydrogen-bond donors (Lipinski definition) is 1. The van der Waals surface area contributed by atoms with Crippen LogP contribution in [0.2, 0.25) is 0 Å². The van der Waals surface area contributed by atoms with E-state index in [9.17, 15) is 9.59 Å². The third kappa shape index (κ3) is 3.78. The lowest BCUT2D eigenvalue weighted by molar-refractivity contribution is -0.117. The van der Waals surface area contributed by atoms with E-state index in [0.717, 1.165) is 29.2 Å². The Hall–Kier alpha value is -3.41. The highest BCUT2D eigenvalue weighted by atomic mass is 16.2. The molecule has 1 fully saturated rings. The zero-order valence-corrected chi connectivity index (χ0v) is 16.8. The normalized spacial score (nSPS) is 16.3. The van der Waals surface area contributed by atoms with Crippen molar-refractivity contribution in [3.8, 4) is 5.69 Å². The van der Waals surface area contributed by atoms with E-state index in [1.807, 2.05) is 65.9 Å². The zero-order valence-electron chi connectivity index (χ0n) is 16.8. The molecule has 29 heavy (non-hydrogen) atoms. The van der Waals surface area contributed by atoms with Crippen LogP contribution >= 0.6 is 0 Å². The Kier molecular flexibility index (Phi) is 4.92. The van der Waals surface area contributed by atoms with Crippen LogP contribution in [0.1, 0.15) is 41.5 Å². The van der Waals surface area contributed by atoms with Gasteiger partial charge >= 0.3 is 0 Å². The van der Waals surface area contributed by atoms with E-state index in [1.54, 1.807) is 12.1 Å². The standard InChI is InChI=1S/C23H24N4O2/c1-15-14-17(3)27(25-15)21-9-5-18(6-10-21)23(29)24-19-7-11-20(12-8-19)26-16(2)4-13-22(26)28/h5-12,14,16H,4,13H2,1-3H3,(H,24,29). The number of benzene rings is 2. The number of aryl methyl sites for hydroxylation is 2. The molecular formula is C23H24N4O2. The van der Waals surface area contributed by atoms with Crippen molar-refractivity contribution < 1.29 is 9.59 Å². The minimum atomic E-state index is -0.178. The molecule has 1 N–H and O–H groups in total. The highest BCUT2D eigenvalue weighted by Crippen LogP contribution is 2.27. The summed E-state index contributed by atoms with van der Waals surface area (Å²) >= 11 is 0. The number of nitrogens with one attached hydrogen (secondary N) is 1. The first-order valence-corrected chi connectivity index (χ1v) is 9.79. The summed E-state index contributed by atoms with van der Waals surface area (Å²) in [6, 6.07) is 17.0. The fraction of sp³-hybridized carbons (Fsp3) is 0.261. The first-order chi connectivity index (χ1) is 13.9. The monoisotopic (exact) mass is 388 g/mol. The summed E-state index contributed by atoms with van der Waals surface area (Å²) in [6.45, 7) is 6.01. The molecule has 0 radical (unpaired) electrons. The first kappa shape index (κ1) is 18.9. The van der Waals surface area contributed by atoms with Crippen molar-refractivity contribution in [3.63, 3.8) is 0 Å². The Bertz CT molecular complexity index is 1050. The van der Waals surface area contributed by atoms with Gasteiger partial charge in [-0.25, -0.2) is 4.68 Å². The fourth-order valence-corrected chi connectivity index (χ4v) is 3.78. The second-order valence-corrected chi connectivity index (χ2v) is 7.54. The Morgan fingerprint density at radius 1 is 1.03 bits per heavy atom. The summed E-state index contributed by atoms with van der Waals surface area (Å²) in [6.07, 6.45) is 1.47. The Balaban J connectivity index is 1.45. The second-order valence-electron chi connectivity index (χ2n) is 7.54. The lowest BCUT2D eigenvalue weighted by Crippen LogP contribution is -2.30. The number of carbonyl (C=O) groups excluding carboxylic acids is 2. The molecule has 148 valence electrons. The Morgan fingerprint density at radius 3 is 2.24 bits per heavy atom. The van der Waals surface area contributed by atoms with E-state index in [0.29, 0.717) is 17.7 Å². The number of hydrogen-bond acceptors (Lipinski definition) is 3. The van der Waals surface area contributed by atoms with Crippen molar-refractivity contribution in [1.29, 1.82) is 0 Å². The van der Waals surface area contributed by atoms with Crippen LogP contribution in [0.5, 0.6) is 0 Å². The molecule has 1 aliphatic rings. The Morgan fingerprint density at radius 2 is 1.69 bits per heavy atom. The van der Waals surface area contributed by atoms with Crippen LogP contribution in [-0.4, -0.2) is 27.6 Å². The van der Waals surface area contributed by atoms with Crippen LogP contribution in [-0.2, 0) is 4.79 Å². The fourth-order valence-electron chi connectivity index (χ4n) is 3.78. The van der Waals surface area contributed by atoms with Crippen molar-refractivity contribution in [2.45, 2.75) is 39.7 Å². The van der Waals surface area contributed by atoms with E-state index in [1.165, 1.54) is 0 Å². The highest BCUT2D eigenvalue weighted by molar-refractivity contribution is 6.04. The summed E-state index contributed by atoms with van der Waals surface area (Å²) in [5, 5.41) is 7.37. The summed E-state index contributed by atoms with van der Waals surface area (Å²) < 4.78 is 1.86. The molecule has 1 aromatic heterocycles. The summed E-state index contributed by atoms with van der Waals surface area (Å²) in [4.78, 5) is 26.4. The minimum absolute atomic E-state index is 0.150. The van der Waals surface area contributed by atoms with Crippen LogP contribution in [0.4, 0.5) is 11.4 Å². The quantitative estimate of drug-likeness (QED) is 0.726. The second kappa shape index (κ2) is 7.54. The molecule has 6 heteroatoms. The SMILES string of the molecule is Cc1cc(C)n(-c2ccc(C(=O)Nc3ccc(N4C(=O)CCC4C)cc3)cc2)n1. The lowest BCUT2D eigenvalue weighted by Gasteiger charge is -2.22. The predicted molar refractivity (Wildman–Crippen MR) is 114 cm³/mol. The van der Waals surface area contributed by atoms with Crippen molar-refractivity contribution in [3.05, 3.63) is 71.5 Å². The van der Waals surface area contributed by atoms with Crippen molar-refractivity contribution in [1.82, 2.24) is 9.78 Å². The van der Waals surface area contributed by atoms with Gasteiger partial charge < -0.3 is 10.2 Å². The van der Waals surface area contributed by atoms with Crippen molar-refractivity contribution >= 4 is 23.2 Å². The van der Waals surface area contributed by atoms with Gasteiger partial charge in [0.25, 0.3) is 5.91 Å². The van der Waals surface area contributed by atoms with Gasteiger partial charge in [-0.2, -0.15) is 5.10 Å². The molecule has 2 amide bonds. The highest BCUT2D eigenvalue weighted by Gasteiger charge is 2.28. The van der Waals surface area contributed by atoms with E-state index < -0.39 is 0 Å². The summed E-state index contributed by atoms with van der Waals surface area (Å²) in [5.74, 6) is -0.0275. The summed E-state index contributed by atoms with van der Waals surface area (Å²) in [5.41, 5.74) is 5.06. The van der Waals surface area contributed by atoms with Crippen molar-refractivity contribution in [2.24, 2.45) is 0 Å². The largest absolute Gasteiger partial charge is 0.322 e. The third-order valence-electron chi connectivity index (χ3n) is 5.27. The van der Waals surface area contributed by atoms with Gasteiger partial charge in [-0.15, -0.1) is 0 Å². The van der Waals surface area contributed by atoms with E-state index in [4.69, 9.17) is 0 Å². The van der Waals surface area contributed by atoms with Crippen LogP contribution in [0, 0.1) is 13.8 Å². The van der Waals surface area contributed by atoms with Gasteiger partial charge in [-0.05, 0) is 81.8 Å². The predicted octanol–water partition coefficient (Wildman–Crippen LogP) is 4.26. The Labute approximate surface area is 170 Å². The number of nitrogens with zero attached hydrogens (tertiary/aromatic N) is 3. The van der Waals surface area contributed by atoms with Gasteiger partial charge in [0.15, 0.2) is 0 Å². The van der Waals surface area contributed by atoms with Crippen LogP contribution in [0.25, 0.3) is 5.69 Å². The van der Waals surface area contributed by atoms with Gasteiger partial charge in [0, 0.05) is 35.1 Å². The number of amides is 2. The maximum absolute atomic E-state index is 12.6. The van der Waals surface area contributed by atoms with E-state index in [-0.39, 0.29) is 17.9 Å². The third-order valence-corrected chi connectivity index (χ3v) is 5.27. The van der Waals surface area contributed by atoms with E-state index in [2.05, 4.69) is 17.3 Å². The van der Waals surface area contributed by atoms with Crippen LogP contribution in [0.3, 0.4) is 0 Å². The average Bonchev–Trinajstić information content (AvgIpc) is 3.23. The molecular weight excluding hydrogens is 364 g/mol. The molecule has 1 unspecified atom stereocenters. The van der Waals surface area contributed by atoms with Crippen LogP contribution < -0.4 is 10.2 Å².